The summed E-state index contributed by atoms with van der Waals surface area (Å²) < 4.78 is 51.0. The molecule has 1 atom stereocenters. The molecule has 6 nitrogen and oxygen atoms in total. The first kappa shape index (κ1) is 24.7. The molecule has 1 aliphatic rings. The van der Waals surface area contributed by atoms with Gasteiger partial charge in [-0.25, -0.2) is 4.79 Å². The first-order chi connectivity index (χ1) is 16.7. The van der Waals surface area contributed by atoms with Gasteiger partial charge in [0, 0.05) is 22.7 Å². The summed E-state index contributed by atoms with van der Waals surface area (Å²) in [5.74, 6) is -0.822. The number of ether oxygens (including phenoxy) is 2. The van der Waals surface area contributed by atoms with E-state index >= 15 is 0 Å². The largest absolute Gasteiger partial charge is 0.488 e. The molecule has 1 aliphatic heterocycles. The second-order valence-corrected chi connectivity index (χ2v) is 9.07. The number of carbonyl (C=O) groups is 2. The minimum Gasteiger partial charge on any atom is -0.488 e. The zero-order chi connectivity index (χ0) is 25.2. The van der Waals surface area contributed by atoms with Crippen LogP contribution in [0.1, 0.15) is 21.7 Å². The molecule has 0 saturated carbocycles. The van der Waals surface area contributed by atoms with Gasteiger partial charge in [-0.3, -0.25) is 4.79 Å². The number of anilines is 1. The lowest BCUT2D eigenvalue weighted by atomic mass is 10.1. The average molecular weight is 506 g/mol. The molecule has 0 unspecified atom stereocenters. The van der Waals surface area contributed by atoms with Crippen molar-refractivity contribution in [3.05, 3.63) is 69.9 Å². The van der Waals surface area contributed by atoms with Crippen molar-refractivity contribution >= 4 is 28.9 Å². The zero-order valence-electron chi connectivity index (χ0n) is 18.7. The van der Waals surface area contributed by atoms with Crippen molar-refractivity contribution in [2.24, 2.45) is 0 Å². The third-order valence-corrected chi connectivity index (χ3v) is 6.75. The van der Waals surface area contributed by atoms with Gasteiger partial charge >= 0.3 is 12.1 Å². The molecule has 1 aromatic heterocycles. The molecule has 4 rings (SSSR count). The summed E-state index contributed by atoms with van der Waals surface area (Å²) in [5, 5.41) is 9.75. The number of rotatable bonds is 7. The Labute approximate surface area is 203 Å². The minimum atomic E-state index is -4.47. The summed E-state index contributed by atoms with van der Waals surface area (Å²) in [7, 11) is 1.13. The van der Waals surface area contributed by atoms with E-state index in [1.165, 1.54) is 11.0 Å². The van der Waals surface area contributed by atoms with Gasteiger partial charge in [-0.2, -0.15) is 13.2 Å². The van der Waals surface area contributed by atoms with E-state index in [1.54, 1.807) is 48.5 Å². The highest BCUT2D eigenvalue weighted by Crippen LogP contribution is 2.43. The summed E-state index contributed by atoms with van der Waals surface area (Å²) in [4.78, 5) is 25.1. The number of halogens is 3. The van der Waals surface area contributed by atoms with Crippen molar-refractivity contribution in [1.29, 1.82) is 0 Å². The third-order valence-electron chi connectivity index (χ3n) is 5.60. The van der Waals surface area contributed by atoms with Gasteiger partial charge in [-0.05, 0) is 41.8 Å². The van der Waals surface area contributed by atoms with Gasteiger partial charge in [0.1, 0.15) is 17.2 Å². The Kier molecular flexibility index (Phi) is 7.13. The summed E-state index contributed by atoms with van der Waals surface area (Å²) >= 11 is 0.656. The second kappa shape index (κ2) is 10.1. The zero-order valence-corrected chi connectivity index (χ0v) is 19.5. The van der Waals surface area contributed by atoms with Crippen LogP contribution < -0.4 is 9.64 Å². The Hall–Kier alpha value is -3.37. The fourth-order valence-corrected chi connectivity index (χ4v) is 4.89. The molecular formula is C25H22F3NO5S. The van der Waals surface area contributed by atoms with Crippen molar-refractivity contribution in [3.63, 3.8) is 0 Å². The van der Waals surface area contributed by atoms with Crippen molar-refractivity contribution < 1.29 is 37.3 Å². The molecule has 0 bridgehead atoms. The van der Waals surface area contributed by atoms with Crippen molar-refractivity contribution in [3.8, 4) is 16.9 Å². The van der Waals surface area contributed by atoms with E-state index < -0.39 is 35.5 Å². The molecule has 0 radical (unpaired) electrons. The maximum Gasteiger partial charge on any atom is 0.426 e. The lowest BCUT2D eigenvalue weighted by molar-refractivity contribution is -0.152. The molecule has 10 heteroatoms. The predicted molar refractivity (Wildman–Crippen MR) is 124 cm³/mol. The summed E-state index contributed by atoms with van der Waals surface area (Å²) in [6.45, 7) is 0.346. The van der Waals surface area contributed by atoms with Crippen molar-refractivity contribution in [1.82, 2.24) is 0 Å². The van der Waals surface area contributed by atoms with Crippen LogP contribution in [0.5, 0.6) is 5.75 Å². The second-order valence-electron chi connectivity index (χ2n) is 7.94. The molecule has 184 valence electrons. The number of alkyl halides is 3. The smallest absolute Gasteiger partial charge is 0.426 e. The van der Waals surface area contributed by atoms with Crippen LogP contribution in [-0.2, 0) is 33.5 Å². The fraction of sp³-hybridized carbons (Fsp3) is 0.280. The van der Waals surface area contributed by atoms with Crippen LogP contribution in [0.4, 0.5) is 18.9 Å². The molecule has 0 fully saturated rings. The third kappa shape index (κ3) is 5.49. The maximum atomic E-state index is 13.6. The van der Waals surface area contributed by atoms with Gasteiger partial charge in [0.2, 0.25) is 5.91 Å². The first-order valence-electron chi connectivity index (χ1n) is 10.7. The number of hydrogen-bond acceptors (Lipinski definition) is 6. The average Bonchev–Trinajstić information content (AvgIpc) is 3.47. The topological polar surface area (TPSA) is 76.1 Å². The Balaban J connectivity index is 1.46. The molecule has 1 amide bonds. The van der Waals surface area contributed by atoms with Crippen molar-refractivity contribution in [2.45, 2.75) is 31.7 Å². The SMILES string of the molecule is COC(=O)[C@@H](O)CC(=O)N1CCc2cc(OCc3cc(-c4ccccc4)c(C(F)(F)F)s3)ccc21. The molecule has 3 aromatic rings. The van der Waals surface area contributed by atoms with Gasteiger partial charge in [0.25, 0.3) is 0 Å². The van der Waals surface area contributed by atoms with E-state index in [1.807, 2.05) is 0 Å². The van der Waals surface area contributed by atoms with Crippen molar-refractivity contribution in [2.75, 3.05) is 18.6 Å². The summed E-state index contributed by atoms with van der Waals surface area (Å²) in [6.07, 6.45) is -5.86. The number of benzene rings is 2. The molecular weight excluding hydrogens is 483 g/mol. The van der Waals surface area contributed by atoms with Gasteiger partial charge < -0.3 is 19.5 Å². The van der Waals surface area contributed by atoms with E-state index in [-0.39, 0.29) is 12.2 Å². The molecule has 1 N–H and O–H groups in total. The Morgan fingerprint density at radius 2 is 1.89 bits per heavy atom. The van der Waals surface area contributed by atoms with Gasteiger partial charge in [-0.15, -0.1) is 11.3 Å². The van der Waals surface area contributed by atoms with Crippen LogP contribution in [-0.4, -0.2) is 36.7 Å². The van der Waals surface area contributed by atoms with Crippen LogP contribution in [0, 0.1) is 0 Å². The van der Waals surface area contributed by atoms with Crippen LogP contribution in [0.3, 0.4) is 0 Å². The van der Waals surface area contributed by atoms with E-state index in [9.17, 15) is 27.9 Å². The van der Waals surface area contributed by atoms with E-state index in [0.717, 1.165) is 12.7 Å². The lowest BCUT2D eigenvalue weighted by Crippen LogP contribution is -2.34. The van der Waals surface area contributed by atoms with Gasteiger partial charge in [-0.1, -0.05) is 30.3 Å². The number of aliphatic hydroxyl groups excluding tert-OH is 1. The number of fused-ring (bicyclic) bond motifs is 1. The van der Waals surface area contributed by atoms with Crippen LogP contribution in [0.15, 0.2) is 54.6 Å². The van der Waals surface area contributed by atoms with Crippen LogP contribution in [0.2, 0.25) is 0 Å². The molecule has 2 heterocycles. The standard InChI is InChI=1S/C25H22F3NO5S/c1-33-24(32)21(30)13-22(31)29-10-9-16-11-17(7-8-20(16)29)34-14-18-12-19(15-5-3-2-4-6-15)23(35-18)25(26,27)28/h2-8,11-12,21,30H,9-10,13-14H2,1H3/t21-/m0/s1. The summed E-state index contributed by atoms with van der Waals surface area (Å²) in [6, 6.07) is 15.0. The Morgan fingerprint density at radius 1 is 1.14 bits per heavy atom. The first-order valence-corrected chi connectivity index (χ1v) is 11.6. The monoisotopic (exact) mass is 505 g/mol. The van der Waals surface area contributed by atoms with E-state index in [2.05, 4.69) is 4.74 Å². The molecule has 0 spiro atoms. The van der Waals surface area contributed by atoms with Gasteiger partial charge in [0.15, 0.2) is 6.10 Å². The lowest BCUT2D eigenvalue weighted by Gasteiger charge is -2.19. The Bertz CT molecular complexity index is 1230. The number of thiophene rings is 1. The van der Waals surface area contributed by atoms with E-state index in [0.29, 0.717) is 46.2 Å². The molecule has 2 aromatic carbocycles. The number of methoxy groups -OCH3 is 1. The fourth-order valence-electron chi connectivity index (χ4n) is 3.93. The maximum absolute atomic E-state index is 13.6. The molecule has 0 aliphatic carbocycles. The highest BCUT2D eigenvalue weighted by Gasteiger charge is 2.36. The molecule has 0 saturated heterocycles. The number of carbonyl (C=O) groups excluding carboxylic acids is 2. The van der Waals surface area contributed by atoms with Crippen LogP contribution in [0.25, 0.3) is 11.1 Å². The molecule has 35 heavy (non-hydrogen) atoms. The summed E-state index contributed by atoms with van der Waals surface area (Å²) in [5.41, 5.74) is 2.08. The predicted octanol–water partition coefficient (Wildman–Crippen LogP) is 4.83. The van der Waals surface area contributed by atoms with Gasteiger partial charge in [0.05, 0.1) is 13.5 Å². The quantitative estimate of drug-likeness (QED) is 0.466. The number of esters is 1. The highest BCUT2D eigenvalue weighted by molar-refractivity contribution is 7.12. The van der Waals surface area contributed by atoms with E-state index in [4.69, 9.17) is 4.74 Å². The number of nitrogens with zero attached hydrogens (tertiary/aromatic N) is 1. The normalized spacial score (nSPS) is 13.9. The number of hydrogen-bond donors (Lipinski definition) is 1. The Morgan fingerprint density at radius 3 is 2.57 bits per heavy atom. The van der Waals surface area contributed by atoms with Crippen LogP contribution >= 0.6 is 11.3 Å². The minimum absolute atomic E-state index is 0.0344. The number of amides is 1. The number of aliphatic hydroxyl groups is 1. The highest BCUT2D eigenvalue weighted by atomic mass is 32.1.